The van der Waals surface area contributed by atoms with Gasteiger partial charge in [-0.15, -0.1) is 0 Å². The number of halogens is 2. The molecule has 130 valence electrons. The number of fused-ring (bicyclic) bond motifs is 1. The van der Waals surface area contributed by atoms with E-state index in [1.807, 2.05) is 30.3 Å². The van der Waals surface area contributed by atoms with Gasteiger partial charge in [-0.2, -0.15) is 5.10 Å². The summed E-state index contributed by atoms with van der Waals surface area (Å²) >= 11 is 6.36. The van der Waals surface area contributed by atoms with Crippen molar-refractivity contribution in [2.75, 3.05) is 7.11 Å². The van der Waals surface area contributed by atoms with Gasteiger partial charge in [-0.05, 0) is 48.0 Å². The number of benzene rings is 3. The molecule has 0 fully saturated rings. The first-order valence-corrected chi connectivity index (χ1v) is 8.25. The normalized spacial score (nSPS) is 11.0. The summed E-state index contributed by atoms with van der Waals surface area (Å²) in [4.78, 5) is 0. The fraction of sp³-hybridized carbons (Fsp3) is 0.0500. The van der Waals surface area contributed by atoms with Gasteiger partial charge in [0.1, 0.15) is 5.75 Å². The van der Waals surface area contributed by atoms with Crippen LogP contribution < -0.4 is 4.74 Å². The Morgan fingerprint density at radius 2 is 1.92 bits per heavy atom. The summed E-state index contributed by atoms with van der Waals surface area (Å²) in [7, 11) is 1.60. The molecule has 4 nitrogen and oxygen atoms in total. The van der Waals surface area contributed by atoms with Gasteiger partial charge in [0, 0.05) is 17.0 Å². The maximum atomic E-state index is 13.3. The van der Waals surface area contributed by atoms with Crippen LogP contribution in [0.3, 0.4) is 0 Å². The fourth-order valence-electron chi connectivity index (χ4n) is 2.90. The second-order valence-corrected chi connectivity index (χ2v) is 6.22. The van der Waals surface area contributed by atoms with Crippen LogP contribution in [-0.4, -0.2) is 22.0 Å². The molecule has 4 rings (SSSR count). The minimum absolute atomic E-state index is 0.409. The van der Waals surface area contributed by atoms with E-state index in [1.165, 1.54) is 12.1 Å². The van der Waals surface area contributed by atoms with Crippen molar-refractivity contribution in [2.24, 2.45) is 0 Å². The molecular formula is C20H14ClFN2O2. The van der Waals surface area contributed by atoms with Crippen molar-refractivity contribution in [3.05, 3.63) is 71.6 Å². The second kappa shape index (κ2) is 6.35. The number of ether oxygens (including phenoxy) is 1. The van der Waals surface area contributed by atoms with Crippen molar-refractivity contribution in [1.29, 1.82) is 0 Å². The van der Waals surface area contributed by atoms with Gasteiger partial charge in [0.05, 0.1) is 29.5 Å². The number of hydrogen-bond acceptors (Lipinski definition) is 3. The summed E-state index contributed by atoms with van der Waals surface area (Å²) in [5, 5.41) is 15.4. The summed E-state index contributed by atoms with van der Waals surface area (Å²) in [6.45, 7) is 0. The van der Waals surface area contributed by atoms with Gasteiger partial charge in [0.2, 0.25) is 0 Å². The van der Waals surface area contributed by atoms with Gasteiger partial charge >= 0.3 is 0 Å². The molecule has 1 aromatic heterocycles. The molecule has 26 heavy (non-hydrogen) atoms. The van der Waals surface area contributed by atoms with Gasteiger partial charge in [0.25, 0.3) is 0 Å². The number of hydrogen-bond donors (Lipinski definition) is 1. The molecule has 0 atom stereocenters. The average molecular weight is 369 g/mol. The van der Waals surface area contributed by atoms with Crippen LogP contribution in [0.2, 0.25) is 5.02 Å². The Balaban J connectivity index is 1.79. The van der Waals surface area contributed by atoms with Crippen molar-refractivity contribution in [1.82, 2.24) is 9.78 Å². The van der Waals surface area contributed by atoms with Crippen LogP contribution >= 0.6 is 11.6 Å². The maximum Gasteiger partial charge on any atom is 0.164 e. The Hall–Kier alpha value is -3.05. The zero-order valence-corrected chi connectivity index (χ0v) is 14.5. The van der Waals surface area contributed by atoms with Crippen LogP contribution in [0.4, 0.5) is 4.39 Å². The van der Waals surface area contributed by atoms with Crippen molar-refractivity contribution in [2.45, 2.75) is 0 Å². The quantitative estimate of drug-likeness (QED) is 0.540. The predicted molar refractivity (Wildman–Crippen MR) is 99.7 cm³/mol. The lowest BCUT2D eigenvalue weighted by Crippen LogP contribution is -1.96. The van der Waals surface area contributed by atoms with E-state index in [1.54, 1.807) is 30.1 Å². The number of phenols is 1. The topological polar surface area (TPSA) is 47.3 Å². The summed E-state index contributed by atoms with van der Waals surface area (Å²) in [6, 6.07) is 15.5. The molecule has 4 aromatic rings. The number of rotatable bonds is 3. The van der Waals surface area contributed by atoms with E-state index >= 15 is 0 Å². The zero-order valence-electron chi connectivity index (χ0n) is 13.8. The summed E-state index contributed by atoms with van der Waals surface area (Å²) in [5.74, 6) is -0.377. The van der Waals surface area contributed by atoms with Crippen molar-refractivity contribution >= 4 is 22.5 Å². The SMILES string of the molecule is COc1ccc(-c2ccc3c(cnn3-c3ccc(F)c(O)c3)c2)c(Cl)c1. The Bertz CT molecular complexity index is 1120. The molecule has 0 aliphatic carbocycles. The maximum absolute atomic E-state index is 13.3. The van der Waals surface area contributed by atoms with E-state index in [9.17, 15) is 9.50 Å². The van der Waals surface area contributed by atoms with Crippen LogP contribution in [-0.2, 0) is 0 Å². The molecule has 0 aliphatic heterocycles. The number of aromatic hydroxyl groups is 1. The molecule has 1 N–H and O–H groups in total. The molecule has 0 aliphatic rings. The number of aromatic nitrogens is 2. The third-order valence-electron chi connectivity index (χ3n) is 4.23. The Labute approximate surface area is 154 Å². The molecule has 3 aromatic carbocycles. The standard InChI is InChI=1S/C20H14ClFN2O2/c1-26-15-4-5-16(17(21)10-15)12-2-7-19-13(8-12)11-23-24(19)14-3-6-18(22)20(25)9-14/h2-11,25H,1H3. The highest BCUT2D eigenvalue weighted by molar-refractivity contribution is 6.33. The molecule has 0 saturated heterocycles. The average Bonchev–Trinajstić information content (AvgIpc) is 3.07. The highest BCUT2D eigenvalue weighted by Crippen LogP contribution is 2.33. The van der Waals surface area contributed by atoms with Crippen LogP contribution in [0.25, 0.3) is 27.7 Å². The molecular weight excluding hydrogens is 355 g/mol. The van der Waals surface area contributed by atoms with Gasteiger partial charge in [-0.25, -0.2) is 9.07 Å². The van der Waals surface area contributed by atoms with Crippen LogP contribution in [0.15, 0.2) is 60.8 Å². The summed E-state index contributed by atoms with van der Waals surface area (Å²) < 4.78 is 20.1. The molecule has 6 heteroatoms. The third kappa shape index (κ3) is 2.76. The monoisotopic (exact) mass is 368 g/mol. The highest BCUT2D eigenvalue weighted by Gasteiger charge is 2.11. The number of methoxy groups -OCH3 is 1. The first-order valence-electron chi connectivity index (χ1n) is 7.87. The highest BCUT2D eigenvalue weighted by atomic mass is 35.5. The first-order chi connectivity index (χ1) is 12.6. The zero-order chi connectivity index (χ0) is 18.3. The first kappa shape index (κ1) is 16.4. The molecule has 0 bridgehead atoms. The van der Waals surface area contributed by atoms with Gasteiger partial charge in [0.15, 0.2) is 11.6 Å². The van der Waals surface area contributed by atoms with Crippen LogP contribution in [0.5, 0.6) is 11.5 Å². The third-order valence-corrected chi connectivity index (χ3v) is 4.54. The smallest absolute Gasteiger partial charge is 0.164 e. The lowest BCUT2D eigenvalue weighted by atomic mass is 10.0. The molecule has 0 saturated carbocycles. The van der Waals surface area contributed by atoms with Crippen LogP contribution in [0.1, 0.15) is 0 Å². The second-order valence-electron chi connectivity index (χ2n) is 5.81. The Morgan fingerprint density at radius 3 is 2.65 bits per heavy atom. The van der Waals surface area contributed by atoms with E-state index in [0.29, 0.717) is 16.5 Å². The molecule has 1 heterocycles. The van der Waals surface area contributed by atoms with Gasteiger partial charge < -0.3 is 9.84 Å². The van der Waals surface area contributed by atoms with Crippen molar-refractivity contribution < 1.29 is 14.2 Å². The number of phenolic OH excluding ortho intramolecular Hbond substituents is 1. The fourth-order valence-corrected chi connectivity index (χ4v) is 3.18. The minimum Gasteiger partial charge on any atom is -0.505 e. The van der Waals surface area contributed by atoms with Gasteiger partial charge in [-0.1, -0.05) is 17.7 Å². The molecule has 0 spiro atoms. The number of nitrogens with zero attached hydrogens (tertiary/aromatic N) is 2. The van der Waals surface area contributed by atoms with Gasteiger partial charge in [-0.3, -0.25) is 0 Å². The van der Waals surface area contributed by atoms with Crippen LogP contribution in [0, 0.1) is 5.82 Å². The van der Waals surface area contributed by atoms with Crippen molar-refractivity contribution in [3.8, 4) is 28.3 Å². The Morgan fingerprint density at radius 1 is 1.08 bits per heavy atom. The van der Waals surface area contributed by atoms with Crippen molar-refractivity contribution in [3.63, 3.8) is 0 Å². The molecule has 0 radical (unpaired) electrons. The van der Waals surface area contributed by atoms with E-state index in [0.717, 1.165) is 22.0 Å². The van der Waals surface area contributed by atoms with E-state index in [-0.39, 0.29) is 0 Å². The summed E-state index contributed by atoms with van der Waals surface area (Å²) in [5.41, 5.74) is 3.26. The predicted octanol–water partition coefficient (Wildman–Crippen LogP) is 5.20. The lowest BCUT2D eigenvalue weighted by molar-refractivity contribution is 0.415. The molecule has 0 unspecified atom stereocenters. The summed E-state index contributed by atoms with van der Waals surface area (Å²) in [6.07, 6.45) is 1.72. The molecule has 0 amide bonds. The largest absolute Gasteiger partial charge is 0.505 e. The van der Waals surface area contributed by atoms with E-state index in [4.69, 9.17) is 16.3 Å². The van der Waals surface area contributed by atoms with E-state index < -0.39 is 11.6 Å². The van der Waals surface area contributed by atoms with E-state index in [2.05, 4.69) is 5.10 Å². The lowest BCUT2D eigenvalue weighted by Gasteiger charge is -2.08. The minimum atomic E-state index is -0.665. The Kier molecular flexibility index (Phi) is 4.01.